The summed E-state index contributed by atoms with van der Waals surface area (Å²) in [5.41, 5.74) is 3.39. The summed E-state index contributed by atoms with van der Waals surface area (Å²) in [5.74, 6) is 1.55. The summed E-state index contributed by atoms with van der Waals surface area (Å²) in [5, 5.41) is 7.48. The molecule has 1 aromatic heterocycles. The molecule has 0 bridgehead atoms. The van der Waals surface area contributed by atoms with Crippen molar-refractivity contribution in [2.75, 3.05) is 5.32 Å². The summed E-state index contributed by atoms with van der Waals surface area (Å²) in [4.78, 5) is 12.5. The number of carbonyl (C=O) groups is 1. The zero-order chi connectivity index (χ0) is 14.4. The minimum atomic E-state index is -0.450. The number of nitrogens with zero attached hydrogens (tertiary/aromatic N) is 2. The summed E-state index contributed by atoms with van der Waals surface area (Å²) < 4.78 is 7.50. The van der Waals surface area contributed by atoms with Crippen LogP contribution in [0.2, 0.25) is 0 Å². The van der Waals surface area contributed by atoms with E-state index in [0.717, 1.165) is 42.1 Å². The molecule has 1 amide bonds. The van der Waals surface area contributed by atoms with Gasteiger partial charge in [-0.15, -0.1) is 0 Å². The van der Waals surface area contributed by atoms with Crippen LogP contribution in [0.3, 0.4) is 0 Å². The minimum absolute atomic E-state index is 0.0936. The maximum atomic E-state index is 12.5. The van der Waals surface area contributed by atoms with Crippen LogP contribution in [0.15, 0.2) is 24.3 Å². The number of aryl methyl sites for hydroxylation is 2. The molecule has 1 aliphatic heterocycles. The number of benzene rings is 1. The Hall–Kier alpha value is -2.30. The zero-order valence-electron chi connectivity index (χ0n) is 11.9. The zero-order valence-corrected chi connectivity index (χ0v) is 11.9. The maximum Gasteiger partial charge on any atom is 0.266 e. The highest BCUT2D eigenvalue weighted by Gasteiger charge is 2.30. The fourth-order valence-electron chi connectivity index (χ4n) is 3.20. The van der Waals surface area contributed by atoms with Crippen LogP contribution in [0.25, 0.3) is 0 Å². The van der Waals surface area contributed by atoms with Gasteiger partial charge in [0.2, 0.25) is 0 Å². The molecular formula is C16H17N3O2. The van der Waals surface area contributed by atoms with E-state index >= 15 is 0 Å². The lowest BCUT2D eigenvalue weighted by molar-refractivity contribution is -0.122. The Morgan fingerprint density at radius 2 is 2.24 bits per heavy atom. The van der Waals surface area contributed by atoms with Gasteiger partial charge in [0.1, 0.15) is 11.6 Å². The quantitative estimate of drug-likeness (QED) is 0.915. The number of nitrogens with one attached hydrogen (secondary N) is 1. The van der Waals surface area contributed by atoms with E-state index in [2.05, 4.69) is 10.4 Å². The molecule has 108 valence electrons. The van der Waals surface area contributed by atoms with Gasteiger partial charge in [0.15, 0.2) is 6.10 Å². The third-order valence-corrected chi connectivity index (χ3v) is 4.25. The van der Waals surface area contributed by atoms with Crippen LogP contribution in [0.5, 0.6) is 5.75 Å². The SMILES string of the molecule is Cn1nc2c(c1NC(=O)C1Cc3ccccc3O1)CCC2. The predicted molar refractivity (Wildman–Crippen MR) is 78.4 cm³/mol. The first kappa shape index (κ1) is 12.4. The van der Waals surface area contributed by atoms with Gasteiger partial charge in [-0.2, -0.15) is 5.10 Å². The Labute approximate surface area is 122 Å². The molecule has 21 heavy (non-hydrogen) atoms. The number of carbonyl (C=O) groups excluding carboxylic acids is 1. The number of rotatable bonds is 2. The van der Waals surface area contributed by atoms with Gasteiger partial charge in [-0.1, -0.05) is 18.2 Å². The summed E-state index contributed by atoms with van der Waals surface area (Å²) in [7, 11) is 1.87. The second kappa shape index (κ2) is 4.62. The highest BCUT2D eigenvalue weighted by molar-refractivity contribution is 5.95. The Bertz CT molecular complexity index is 695. The second-order valence-electron chi connectivity index (χ2n) is 5.66. The van der Waals surface area contributed by atoms with Gasteiger partial charge in [-0.05, 0) is 30.9 Å². The van der Waals surface area contributed by atoms with E-state index in [1.165, 1.54) is 5.56 Å². The van der Waals surface area contributed by atoms with Gasteiger partial charge in [0.05, 0.1) is 5.69 Å². The topological polar surface area (TPSA) is 56.2 Å². The number of anilines is 1. The van der Waals surface area contributed by atoms with Crippen molar-refractivity contribution in [1.29, 1.82) is 0 Å². The van der Waals surface area contributed by atoms with Crippen molar-refractivity contribution < 1.29 is 9.53 Å². The second-order valence-corrected chi connectivity index (χ2v) is 5.66. The Morgan fingerprint density at radius 3 is 3.10 bits per heavy atom. The molecule has 1 aliphatic carbocycles. The number of aromatic nitrogens is 2. The first-order valence-corrected chi connectivity index (χ1v) is 7.32. The normalized spacial score (nSPS) is 19.0. The van der Waals surface area contributed by atoms with Gasteiger partial charge in [-0.3, -0.25) is 9.48 Å². The van der Waals surface area contributed by atoms with Crippen LogP contribution < -0.4 is 10.1 Å². The number of fused-ring (bicyclic) bond motifs is 2. The van der Waals surface area contributed by atoms with Crippen molar-refractivity contribution in [3.05, 3.63) is 41.1 Å². The van der Waals surface area contributed by atoms with Crippen LogP contribution in [-0.2, 0) is 31.1 Å². The molecule has 2 aliphatic rings. The summed E-state index contributed by atoms with van der Waals surface area (Å²) in [6.45, 7) is 0. The molecule has 0 saturated heterocycles. The Morgan fingerprint density at radius 1 is 1.38 bits per heavy atom. The first-order chi connectivity index (χ1) is 10.2. The first-order valence-electron chi connectivity index (χ1n) is 7.32. The average molecular weight is 283 g/mol. The van der Waals surface area contributed by atoms with Crippen molar-refractivity contribution >= 4 is 11.7 Å². The van der Waals surface area contributed by atoms with Crippen LogP contribution >= 0.6 is 0 Å². The molecule has 2 aromatic rings. The maximum absolute atomic E-state index is 12.5. The smallest absolute Gasteiger partial charge is 0.266 e. The van der Waals surface area contributed by atoms with Gasteiger partial charge >= 0.3 is 0 Å². The van der Waals surface area contributed by atoms with Gasteiger partial charge < -0.3 is 10.1 Å². The van der Waals surface area contributed by atoms with Crippen molar-refractivity contribution in [2.24, 2.45) is 7.05 Å². The van der Waals surface area contributed by atoms with Gasteiger partial charge in [-0.25, -0.2) is 0 Å². The summed E-state index contributed by atoms with van der Waals surface area (Å²) >= 11 is 0. The molecule has 1 aromatic carbocycles. The highest BCUT2D eigenvalue weighted by atomic mass is 16.5. The van der Waals surface area contributed by atoms with Gasteiger partial charge in [0.25, 0.3) is 5.91 Å². The largest absolute Gasteiger partial charge is 0.480 e. The van der Waals surface area contributed by atoms with Crippen LogP contribution in [-0.4, -0.2) is 21.8 Å². The molecule has 5 heteroatoms. The summed E-state index contributed by atoms with van der Waals surface area (Å²) in [6.07, 6.45) is 3.29. The molecule has 2 heterocycles. The number of hydrogen-bond donors (Lipinski definition) is 1. The highest BCUT2D eigenvalue weighted by Crippen LogP contribution is 2.31. The number of amides is 1. The van der Waals surface area contributed by atoms with Crippen molar-refractivity contribution in [3.63, 3.8) is 0 Å². The minimum Gasteiger partial charge on any atom is -0.480 e. The average Bonchev–Trinajstić information content (AvgIpc) is 3.15. The molecule has 1 atom stereocenters. The number of ether oxygens (including phenoxy) is 1. The van der Waals surface area contributed by atoms with E-state index in [1.54, 1.807) is 4.68 Å². The summed E-state index contributed by atoms with van der Waals surface area (Å²) in [6, 6.07) is 7.80. The van der Waals surface area contributed by atoms with E-state index in [0.29, 0.717) is 6.42 Å². The Kier molecular flexibility index (Phi) is 2.74. The monoisotopic (exact) mass is 283 g/mol. The van der Waals surface area contributed by atoms with E-state index in [4.69, 9.17) is 4.74 Å². The Balaban J connectivity index is 1.53. The van der Waals surface area contributed by atoms with E-state index < -0.39 is 6.10 Å². The number of para-hydroxylation sites is 1. The molecule has 0 fully saturated rings. The van der Waals surface area contributed by atoms with Crippen LogP contribution in [0.4, 0.5) is 5.82 Å². The molecule has 1 N–H and O–H groups in total. The van der Waals surface area contributed by atoms with Crippen molar-refractivity contribution in [1.82, 2.24) is 9.78 Å². The third kappa shape index (κ3) is 2.00. The molecule has 4 rings (SSSR count). The molecule has 0 saturated carbocycles. The number of hydrogen-bond acceptors (Lipinski definition) is 3. The molecule has 0 radical (unpaired) electrons. The standard InChI is InChI=1S/C16H17N3O2/c1-19-15(11-6-4-7-12(11)18-19)17-16(20)14-9-10-5-2-3-8-13(10)21-14/h2-3,5,8,14H,4,6-7,9H2,1H3,(H,17,20). The van der Waals surface area contributed by atoms with Crippen LogP contribution in [0, 0.1) is 0 Å². The van der Waals surface area contributed by atoms with Crippen molar-refractivity contribution in [2.45, 2.75) is 31.8 Å². The van der Waals surface area contributed by atoms with E-state index in [1.807, 2.05) is 31.3 Å². The lowest BCUT2D eigenvalue weighted by Gasteiger charge is -2.12. The van der Waals surface area contributed by atoms with E-state index in [-0.39, 0.29) is 5.91 Å². The van der Waals surface area contributed by atoms with Gasteiger partial charge in [0, 0.05) is 19.0 Å². The van der Waals surface area contributed by atoms with Crippen LogP contribution in [0.1, 0.15) is 23.2 Å². The fourth-order valence-corrected chi connectivity index (χ4v) is 3.20. The van der Waals surface area contributed by atoms with E-state index in [9.17, 15) is 4.79 Å². The predicted octanol–water partition coefficient (Wildman–Crippen LogP) is 1.85. The fraction of sp³-hybridized carbons (Fsp3) is 0.375. The molecule has 5 nitrogen and oxygen atoms in total. The molecular weight excluding hydrogens is 266 g/mol. The molecule has 1 unspecified atom stereocenters. The van der Waals surface area contributed by atoms with Crippen molar-refractivity contribution in [3.8, 4) is 5.75 Å². The molecule has 0 spiro atoms. The third-order valence-electron chi connectivity index (χ3n) is 4.25. The lowest BCUT2D eigenvalue weighted by Crippen LogP contribution is -2.32. The lowest BCUT2D eigenvalue weighted by atomic mass is 10.1.